The van der Waals surface area contributed by atoms with Crippen LogP contribution in [0.3, 0.4) is 0 Å². The Morgan fingerprint density at radius 2 is 2.15 bits per heavy atom. The number of hydrogen-bond acceptors (Lipinski definition) is 4. The molecule has 1 aliphatic rings. The van der Waals surface area contributed by atoms with E-state index >= 15 is 0 Å². The number of hydrogen-bond donors (Lipinski definition) is 1. The van der Waals surface area contributed by atoms with Crippen molar-refractivity contribution in [3.05, 3.63) is 33.8 Å². The van der Waals surface area contributed by atoms with Crippen LogP contribution in [0.4, 0.5) is 0 Å². The maximum Gasteiger partial charge on any atom is 0.224 e. The number of piperidine rings is 1. The fourth-order valence-electron chi connectivity index (χ4n) is 2.80. The summed E-state index contributed by atoms with van der Waals surface area (Å²) in [6.07, 6.45) is 1.45. The minimum Gasteiger partial charge on any atom is -0.355 e. The molecule has 26 heavy (non-hydrogen) atoms. The summed E-state index contributed by atoms with van der Waals surface area (Å²) < 4.78 is 25.4. The number of rotatable bonds is 8. The van der Waals surface area contributed by atoms with E-state index in [-0.39, 0.29) is 24.1 Å². The predicted molar refractivity (Wildman–Crippen MR) is 109 cm³/mol. The van der Waals surface area contributed by atoms with Crippen LogP contribution in [0, 0.1) is 5.92 Å². The van der Waals surface area contributed by atoms with Gasteiger partial charge in [0.1, 0.15) is 0 Å². The monoisotopic (exact) mass is 438 g/mol. The van der Waals surface area contributed by atoms with Crippen LogP contribution in [0.25, 0.3) is 0 Å². The highest BCUT2D eigenvalue weighted by atomic mass is 35.5. The average molecular weight is 439 g/mol. The zero-order chi connectivity index (χ0) is 19.2. The third-order valence-electron chi connectivity index (χ3n) is 4.33. The first-order valence-corrected chi connectivity index (χ1v) is 12.1. The number of halogens is 2. The number of benzene rings is 1. The fraction of sp³-hybridized carbons (Fsp3) is 0.588. The maximum atomic E-state index is 12.3. The van der Waals surface area contributed by atoms with Gasteiger partial charge in [-0.1, -0.05) is 29.3 Å². The van der Waals surface area contributed by atoms with Crippen molar-refractivity contribution in [3.63, 3.8) is 0 Å². The van der Waals surface area contributed by atoms with Crippen molar-refractivity contribution < 1.29 is 13.2 Å². The van der Waals surface area contributed by atoms with E-state index in [2.05, 4.69) is 5.32 Å². The number of sulfonamides is 1. The Kier molecular flexibility index (Phi) is 8.54. The Hall–Kier alpha value is -0.470. The molecule has 0 bridgehead atoms. The van der Waals surface area contributed by atoms with E-state index in [1.807, 2.05) is 12.1 Å². The molecule has 1 aromatic carbocycles. The summed E-state index contributed by atoms with van der Waals surface area (Å²) in [4.78, 5) is 12.3. The summed E-state index contributed by atoms with van der Waals surface area (Å²) in [5, 5.41) is 4.18. The molecular weight excluding hydrogens is 415 g/mol. The molecule has 1 atom stereocenters. The molecule has 1 fully saturated rings. The third-order valence-corrected chi connectivity index (χ3v) is 7.77. The lowest BCUT2D eigenvalue weighted by Gasteiger charge is -2.30. The van der Waals surface area contributed by atoms with Gasteiger partial charge in [-0.25, -0.2) is 12.7 Å². The summed E-state index contributed by atoms with van der Waals surface area (Å²) >= 11 is 13.7. The fourth-order valence-corrected chi connectivity index (χ4v) is 5.40. The summed E-state index contributed by atoms with van der Waals surface area (Å²) in [6.45, 7) is 2.97. The van der Waals surface area contributed by atoms with Crippen molar-refractivity contribution in [2.24, 2.45) is 5.92 Å². The van der Waals surface area contributed by atoms with Crippen LogP contribution in [0.2, 0.25) is 10.0 Å². The second-order valence-electron chi connectivity index (χ2n) is 6.18. The molecule has 1 N–H and O–H groups in total. The van der Waals surface area contributed by atoms with E-state index in [0.29, 0.717) is 23.1 Å². The maximum absolute atomic E-state index is 12.3. The van der Waals surface area contributed by atoms with Crippen molar-refractivity contribution in [1.29, 1.82) is 0 Å². The molecule has 146 valence electrons. The highest BCUT2D eigenvalue weighted by Gasteiger charge is 2.31. The predicted octanol–water partition coefficient (Wildman–Crippen LogP) is 3.40. The van der Waals surface area contributed by atoms with Crippen LogP contribution in [0.1, 0.15) is 25.3 Å². The molecule has 9 heteroatoms. The molecule has 5 nitrogen and oxygen atoms in total. The molecule has 0 radical (unpaired) electrons. The quantitative estimate of drug-likeness (QED) is 0.631. The van der Waals surface area contributed by atoms with Gasteiger partial charge in [-0.2, -0.15) is 11.8 Å². The Balaban J connectivity index is 1.71. The van der Waals surface area contributed by atoms with Crippen LogP contribution >= 0.6 is 35.0 Å². The van der Waals surface area contributed by atoms with Crippen LogP contribution < -0.4 is 5.32 Å². The molecular formula is C17H24Cl2N2O3S2. The average Bonchev–Trinajstić information content (AvgIpc) is 2.63. The summed E-state index contributed by atoms with van der Waals surface area (Å²) in [5.41, 5.74) is 1.01. The number of nitrogens with zero attached hydrogens (tertiary/aromatic N) is 1. The molecule has 1 heterocycles. The van der Waals surface area contributed by atoms with Crippen LogP contribution in [-0.2, 0) is 20.6 Å². The first kappa shape index (κ1) is 21.8. The van der Waals surface area contributed by atoms with E-state index in [1.165, 1.54) is 4.31 Å². The Morgan fingerprint density at radius 3 is 2.85 bits per heavy atom. The molecule has 1 amide bonds. The van der Waals surface area contributed by atoms with E-state index in [9.17, 15) is 13.2 Å². The number of amides is 1. The number of carbonyl (C=O) groups excluding carboxylic acids is 1. The Morgan fingerprint density at radius 1 is 1.38 bits per heavy atom. The Labute approximate surface area is 169 Å². The second-order valence-corrected chi connectivity index (χ2v) is 10.4. The van der Waals surface area contributed by atoms with Crippen molar-refractivity contribution in [2.45, 2.75) is 25.5 Å². The number of nitrogens with one attached hydrogen (secondary N) is 1. The lowest BCUT2D eigenvalue weighted by molar-refractivity contribution is -0.125. The smallest absolute Gasteiger partial charge is 0.224 e. The van der Waals surface area contributed by atoms with Gasteiger partial charge in [-0.3, -0.25) is 4.79 Å². The van der Waals surface area contributed by atoms with Crippen LogP contribution in [0.15, 0.2) is 18.2 Å². The molecule has 0 unspecified atom stereocenters. The van der Waals surface area contributed by atoms with Crippen molar-refractivity contribution in [3.8, 4) is 0 Å². The van der Waals surface area contributed by atoms with Crippen molar-refractivity contribution >= 4 is 50.9 Å². The molecule has 0 aliphatic carbocycles. The zero-order valence-corrected chi connectivity index (χ0v) is 17.9. The highest BCUT2D eigenvalue weighted by molar-refractivity contribution is 7.98. The standard InChI is InChI=1S/C17H24Cl2N2O3S2/c1-2-26(23,24)21-8-3-4-13(11-21)17(22)20-7-9-25-12-14-5-6-15(18)10-16(14)19/h5-6,10,13H,2-4,7-9,11-12H2,1H3,(H,20,22)/t13-/m1/s1. The van der Waals surface area contributed by atoms with E-state index in [4.69, 9.17) is 23.2 Å². The Bertz CT molecular complexity index is 729. The second kappa shape index (κ2) is 10.2. The molecule has 1 aliphatic heterocycles. The minimum absolute atomic E-state index is 0.0638. The summed E-state index contributed by atoms with van der Waals surface area (Å²) in [7, 11) is -3.23. The minimum atomic E-state index is -3.23. The van der Waals surface area contributed by atoms with Crippen molar-refractivity contribution in [1.82, 2.24) is 9.62 Å². The van der Waals surface area contributed by atoms with Gasteiger partial charge in [0.15, 0.2) is 0 Å². The molecule has 1 aromatic rings. The van der Waals surface area contributed by atoms with Gasteiger partial charge in [-0.15, -0.1) is 0 Å². The van der Waals surface area contributed by atoms with E-state index < -0.39 is 10.0 Å². The van der Waals surface area contributed by atoms with Gasteiger partial charge in [0.2, 0.25) is 15.9 Å². The largest absolute Gasteiger partial charge is 0.355 e. The molecule has 1 saturated heterocycles. The lowest BCUT2D eigenvalue weighted by Crippen LogP contribution is -2.46. The first-order valence-electron chi connectivity index (χ1n) is 8.60. The van der Waals surface area contributed by atoms with Crippen LogP contribution in [-0.4, -0.2) is 49.8 Å². The summed E-state index contributed by atoms with van der Waals surface area (Å²) in [5.74, 6) is 1.25. The molecule has 0 spiro atoms. The topological polar surface area (TPSA) is 66.5 Å². The van der Waals surface area contributed by atoms with Gasteiger partial charge in [0, 0.05) is 41.2 Å². The van der Waals surface area contributed by atoms with E-state index in [0.717, 1.165) is 29.9 Å². The van der Waals surface area contributed by atoms with Gasteiger partial charge >= 0.3 is 0 Å². The molecule has 0 saturated carbocycles. The number of thioether (sulfide) groups is 1. The lowest BCUT2D eigenvalue weighted by atomic mass is 9.99. The third kappa shape index (κ3) is 6.30. The van der Waals surface area contributed by atoms with Crippen LogP contribution in [0.5, 0.6) is 0 Å². The SMILES string of the molecule is CCS(=O)(=O)N1CCC[C@@H](C(=O)NCCSCc2ccc(Cl)cc2Cl)C1. The highest BCUT2D eigenvalue weighted by Crippen LogP contribution is 2.24. The van der Waals surface area contributed by atoms with Gasteiger partial charge in [0.25, 0.3) is 0 Å². The zero-order valence-electron chi connectivity index (χ0n) is 14.7. The first-order chi connectivity index (χ1) is 12.3. The van der Waals surface area contributed by atoms with E-state index in [1.54, 1.807) is 24.8 Å². The molecule has 0 aromatic heterocycles. The van der Waals surface area contributed by atoms with Gasteiger partial charge in [-0.05, 0) is 37.5 Å². The van der Waals surface area contributed by atoms with Crippen molar-refractivity contribution in [2.75, 3.05) is 31.1 Å². The number of carbonyl (C=O) groups is 1. The molecule has 2 rings (SSSR count). The van der Waals surface area contributed by atoms with Gasteiger partial charge < -0.3 is 5.32 Å². The van der Waals surface area contributed by atoms with Gasteiger partial charge in [0.05, 0.1) is 11.7 Å². The normalized spacial score (nSPS) is 18.7. The summed E-state index contributed by atoms with van der Waals surface area (Å²) in [6, 6.07) is 5.44.